The van der Waals surface area contributed by atoms with Crippen LogP contribution in [-0.2, 0) is 33.8 Å². The van der Waals surface area contributed by atoms with Crippen LogP contribution in [0.5, 0.6) is 5.75 Å². The lowest BCUT2D eigenvalue weighted by atomic mass is 10.0. The largest absolute Gasteiger partial charge is 0.497 e. The van der Waals surface area contributed by atoms with Crippen LogP contribution in [0.2, 0.25) is 0 Å². The van der Waals surface area contributed by atoms with Gasteiger partial charge in [-0.25, -0.2) is 4.79 Å². The van der Waals surface area contributed by atoms with Crippen LogP contribution in [0.1, 0.15) is 49.2 Å². The van der Waals surface area contributed by atoms with Gasteiger partial charge >= 0.3 is 5.97 Å². The number of nitrogens with zero attached hydrogens (tertiary/aromatic N) is 1. The number of ether oxygens (including phenoxy) is 2. The van der Waals surface area contributed by atoms with Crippen molar-refractivity contribution < 1.29 is 28.7 Å². The number of esters is 1. The van der Waals surface area contributed by atoms with Crippen molar-refractivity contribution in [2.24, 2.45) is 0 Å². The van der Waals surface area contributed by atoms with Crippen molar-refractivity contribution >= 4 is 63.6 Å². The van der Waals surface area contributed by atoms with Crippen molar-refractivity contribution in [1.29, 1.82) is 0 Å². The minimum atomic E-state index is -0.530. The first-order valence-corrected chi connectivity index (χ1v) is 19.2. The van der Waals surface area contributed by atoms with E-state index < -0.39 is 17.8 Å². The van der Waals surface area contributed by atoms with E-state index in [0.717, 1.165) is 28.4 Å². The Balaban J connectivity index is 1.12. The van der Waals surface area contributed by atoms with E-state index >= 15 is 0 Å². The molecular weight excluding hydrogens is 721 g/mol. The molecule has 2 heterocycles. The van der Waals surface area contributed by atoms with Crippen molar-refractivity contribution in [2.75, 3.05) is 36.6 Å². The Hall–Kier alpha value is -5.69. The summed E-state index contributed by atoms with van der Waals surface area (Å²) >= 11 is 2.72. The van der Waals surface area contributed by atoms with E-state index in [1.165, 1.54) is 28.7 Å². The number of thiophene rings is 1. The maximum absolute atomic E-state index is 13.6. The lowest BCUT2D eigenvalue weighted by Gasteiger charge is -2.27. The van der Waals surface area contributed by atoms with Crippen molar-refractivity contribution in [2.45, 2.75) is 31.3 Å². The molecular formula is C42H40N4O6S2. The summed E-state index contributed by atoms with van der Waals surface area (Å²) in [5.74, 6) is -0.997. The fourth-order valence-corrected chi connectivity index (χ4v) is 8.00. The molecule has 0 saturated heterocycles. The predicted octanol–water partition coefficient (Wildman–Crippen LogP) is 7.63. The molecule has 1 aromatic heterocycles. The number of carbonyl (C=O) groups is 4. The average molecular weight is 761 g/mol. The maximum atomic E-state index is 13.6. The minimum Gasteiger partial charge on any atom is -0.497 e. The zero-order valence-electron chi connectivity index (χ0n) is 29.9. The van der Waals surface area contributed by atoms with Gasteiger partial charge in [0.25, 0.3) is 11.8 Å². The first kappa shape index (κ1) is 38.0. The van der Waals surface area contributed by atoms with Gasteiger partial charge in [0.15, 0.2) is 0 Å². The zero-order valence-corrected chi connectivity index (χ0v) is 31.6. The molecule has 0 spiro atoms. The molecule has 276 valence electrons. The van der Waals surface area contributed by atoms with Gasteiger partial charge in [-0.2, -0.15) is 0 Å². The number of methoxy groups -OCH3 is 1. The van der Waals surface area contributed by atoms with Crippen molar-refractivity contribution in [3.05, 3.63) is 148 Å². The van der Waals surface area contributed by atoms with Crippen LogP contribution in [0.15, 0.2) is 120 Å². The third-order valence-electron chi connectivity index (χ3n) is 8.51. The first-order chi connectivity index (χ1) is 26.3. The van der Waals surface area contributed by atoms with Crippen molar-refractivity contribution in [3.63, 3.8) is 0 Å². The van der Waals surface area contributed by atoms with Crippen LogP contribution in [-0.4, -0.2) is 54.6 Å². The number of hydrogen-bond acceptors (Lipinski definition) is 9. The second-order valence-corrected chi connectivity index (χ2v) is 14.5. The number of carbonyl (C=O) groups excluding carboxylic acids is 4. The number of amides is 3. The predicted molar refractivity (Wildman–Crippen MR) is 214 cm³/mol. The number of hydrogen-bond donors (Lipinski definition) is 3. The third kappa shape index (κ3) is 10.0. The highest BCUT2D eigenvalue weighted by Gasteiger charge is 2.29. The van der Waals surface area contributed by atoms with E-state index in [0.29, 0.717) is 46.1 Å². The van der Waals surface area contributed by atoms with E-state index in [-0.39, 0.29) is 24.0 Å². The summed E-state index contributed by atoms with van der Waals surface area (Å²) in [6, 6.07) is 33.1. The number of benzene rings is 4. The smallest absolute Gasteiger partial charge is 0.341 e. The van der Waals surface area contributed by atoms with Gasteiger partial charge in [0.2, 0.25) is 5.91 Å². The standard InChI is InChI=1S/C42H40N4O6S2/c1-3-52-42(50)38-34-20-21-46(25-28-12-6-4-7-13-28)26-36(34)54-41(38)45-37(47)27-53-33-19-11-17-31(24-33)43-40(49)35(23-29-14-10-18-32(22-29)51-2)44-39(48)30-15-8-5-9-16-30/h4-19,22-24H,3,20-21,25-27H2,1-2H3,(H,43,49)(H,44,48)(H,45,47)/b35-23-. The summed E-state index contributed by atoms with van der Waals surface area (Å²) in [5.41, 5.74) is 4.17. The number of nitrogens with one attached hydrogen (secondary N) is 3. The lowest BCUT2D eigenvalue weighted by Crippen LogP contribution is -2.30. The van der Waals surface area contributed by atoms with Gasteiger partial charge in [-0.3, -0.25) is 19.3 Å². The molecule has 0 aliphatic carbocycles. The molecule has 5 aromatic rings. The molecule has 54 heavy (non-hydrogen) atoms. The normalized spacial score (nSPS) is 12.7. The number of rotatable bonds is 14. The second-order valence-electron chi connectivity index (χ2n) is 12.3. The summed E-state index contributed by atoms with van der Waals surface area (Å²) in [7, 11) is 1.55. The van der Waals surface area contributed by atoms with E-state index in [1.54, 1.807) is 92.9 Å². The molecule has 0 atom stereocenters. The number of fused-ring (bicyclic) bond motifs is 1. The fourth-order valence-electron chi connectivity index (χ4n) is 5.95. The number of thioether (sulfide) groups is 1. The molecule has 12 heteroatoms. The molecule has 1 aliphatic heterocycles. The van der Waals surface area contributed by atoms with Gasteiger partial charge in [0.05, 0.1) is 25.0 Å². The fraction of sp³-hybridized carbons (Fsp3) is 0.190. The Morgan fingerprint density at radius 3 is 2.41 bits per heavy atom. The highest BCUT2D eigenvalue weighted by molar-refractivity contribution is 8.00. The van der Waals surface area contributed by atoms with Crippen LogP contribution < -0.4 is 20.7 Å². The molecule has 4 aromatic carbocycles. The molecule has 0 radical (unpaired) electrons. The van der Waals surface area contributed by atoms with Crippen LogP contribution >= 0.6 is 23.1 Å². The summed E-state index contributed by atoms with van der Waals surface area (Å²) in [6.07, 6.45) is 2.26. The highest BCUT2D eigenvalue weighted by Crippen LogP contribution is 2.38. The van der Waals surface area contributed by atoms with Crippen LogP contribution in [0.4, 0.5) is 10.7 Å². The summed E-state index contributed by atoms with van der Waals surface area (Å²) in [4.78, 5) is 57.2. The molecule has 10 nitrogen and oxygen atoms in total. The first-order valence-electron chi connectivity index (χ1n) is 17.4. The van der Waals surface area contributed by atoms with Gasteiger partial charge in [0, 0.05) is 40.7 Å². The van der Waals surface area contributed by atoms with Crippen molar-refractivity contribution in [1.82, 2.24) is 10.2 Å². The Morgan fingerprint density at radius 2 is 1.65 bits per heavy atom. The van der Waals surface area contributed by atoms with Crippen LogP contribution in [0.25, 0.3) is 6.08 Å². The lowest BCUT2D eigenvalue weighted by molar-refractivity contribution is -0.114. The van der Waals surface area contributed by atoms with E-state index in [2.05, 4.69) is 33.0 Å². The Labute approximate surface area is 322 Å². The minimum absolute atomic E-state index is 0.0359. The second kappa shape index (κ2) is 18.4. The Morgan fingerprint density at radius 1 is 0.889 bits per heavy atom. The molecule has 3 N–H and O–H groups in total. The summed E-state index contributed by atoms with van der Waals surface area (Å²) < 4.78 is 10.7. The van der Waals surface area contributed by atoms with E-state index in [9.17, 15) is 19.2 Å². The monoisotopic (exact) mass is 760 g/mol. The molecule has 0 bridgehead atoms. The van der Waals surface area contributed by atoms with Gasteiger partial charge in [-0.15, -0.1) is 23.1 Å². The SMILES string of the molecule is CCOC(=O)c1c(NC(=O)CSc2cccc(NC(=O)/C(=C/c3cccc(OC)c3)NC(=O)c3ccccc3)c2)sc2c1CCN(Cc1ccccc1)C2. The Kier molecular flexibility index (Phi) is 12.9. The maximum Gasteiger partial charge on any atom is 0.341 e. The molecule has 6 rings (SSSR count). The molecule has 0 unspecified atom stereocenters. The molecule has 0 fully saturated rings. The van der Waals surface area contributed by atoms with Gasteiger partial charge in [0.1, 0.15) is 16.4 Å². The number of anilines is 2. The average Bonchev–Trinajstić information content (AvgIpc) is 3.54. The van der Waals surface area contributed by atoms with Crippen molar-refractivity contribution in [3.8, 4) is 5.75 Å². The third-order valence-corrected chi connectivity index (χ3v) is 10.6. The van der Waals surface area contributed by atoms with Crippen LogP contribution in [0, 0.1) is 0 Å². The summed E-state index contributed by atoms with van der Waals surface area (Å²) in [6.45, 7) is 4.27. The van der Waals surface area contributed by atoms with E-state index in [1.807, 2.05) is 24.3 Å². The van der Waals surface area contributed by atoms with Crippen LogP contribution in [0.3, 0.4) is 0 Å². The van der Waals surface area contributed by atoms with Gasteiger partial charge in [-0.05, 0) is 78.6 Å². The topological polar surface area (TPSA) is 126 Å². The molecule has 3 amide bonds. The van der Waals surface area contributed by atoms with Gasteiger partial charge in [-0.1, -0.05) is 66.7 Å². The van der Waals surface area contributed by atoms with E-state index in [4.69, 9.17) is 9.47 Å². The summed E-state index contributed by atoms with van der Waals surface area (Å²) in [5, 5.41) is 9.10. The Bertz CT molecular complexity index is 2150. The molecule has 0 saturated carbocycles. The molecule has 1 aliphatic rings. The van der Waals surface area contributed by atoms with Gasteiger partial charge < -0.3 is 25.4 Å². The quantitative estimate of drug-likeness (QED) is 0.0600. The highest BCUT2D eigenvalue weighted by atomic mass is 32.2. The zero-order chi connectivity index (χ0) is 37.9.